The SMILES string of the molecule is COc1ccc(OC)c(C(O)CNC(C)c2ccncc2)c1. The van der Waals surface area contributed by atoms with Crippen LogP contribution in [0.3, 0.4) is 0 Å². The summed E-state index contributed by atoms with van der Waals surface area (Å²) in [7, 11) is 3.19. The standard InChI is InChI=1S/C17H22N2O3/c1-12(13-6-8-18-9-7-13)19-11-16(20)15-10-14(21-2)4-5-17(15)22-3/h4-10,12,16,19-20H,11H2,1-3H3. The Morgan fingerprint density at radius 2 is 1.86 bits per heavy atom. The molecule has 22 heavy (non-hydrogen) atoms. The normalized spacial score (nSPS) is 13.5. The zero-order valence-electron chi connectivity index (χ0n) is 13.1. The van der Waals surface area contributed by atoms with Crippen LogP contribution in [0, 0.1) is 0 Å². The molecule has 2 unspecified atom stereocenters. The van der Waals surface area contributed by atoms with Gasteiger partial charge in [0, 0.05) is 30.5 Å². The van der Waals surface area contributed by atoms with Gasteiger partial charge in [0.2, 0.25) is 0 Å². The molecule has 0 saturated heterocycles. The van der Waals surface area contributed by atoms with Crippen molar-refractivity contribution in [1.82, 2.24) is 10.3 Å². The number of aromatic nitrogens is 1. The maximum Gasteiger partial charge on any atom is 0.124 e. The molecule has 1 heterocycles. The fourth-order valence-corrected chi connectivity index (χ4v) is 2.27. The zero-order valence-corrected chi connectivity index (χ0v) is 13.1. The molecule has 118 valence electrons. The quantitative estimate of drug-likeness (QED) is 0.822. The van der Waals surface area contributed by atoms with E-state index in [0.29, 0.717) is 23.6 Å². The predicted octanol–water partition coefficient (Wildman–Crippen LogP) is 2.48. The summed E-state index contributed by atoms with van der Waals surface area (Å²) >= 11 is 0. The Balaban J connectivity index is 2.04. The second-order valence-electron chi connectivity index (χ2n) is 5.03. The van der Waals surface area contributed by atoms with Gasteiger partial charge in [-0.3, -0.25) is 4.98 Å². The molecule has 0 aliphatic rings. The van der Waals surface area contributed by atoms with Crippen LogP contribution in [0.15, 0.2) is 42.7 Å². The molecule has 0 fully saturated rings. The van der Waals surface area contributed by atoms with Crippen LogP contribution >= 0.6 is 0 Å². The highest BCUT2D eigenvalue weighted by atomic mass is 16.5. The smallest absolute Gasteiger partial charge is 0.124 e. The Morgan fingerprint density at radius 1 is 1.14 bits per heavy atom. The third kappa shape index (κ3) is 3.96. The minimum absolute atomic E-state index is 0.120. The molecule has 2 atom stereocenters. The summed E-state index contributed by atoms with van der Waals surface area (Å²) in [6.07, 6.45) is 2.83. The first-order valence-corrected chi connectivity index (χ1v) is 7.19. The van der Waals surface area contributed by atoms with Gasteiger partial charge in [-0.1, -0.05) is 0 Å². The van der Waals surface area contributed by atoms with Crippen LogP contribution in [0.1, 0.15) is 30.2 Å². The lowest BCUT2D eigenvalue weighted by molar-refractivity contribution is 0.166. The first kappa shape index (κ1) is 16.3. The number of ether oxygens (including phenoxy) is 2. The average molecular weight is 302 g/mol. The van der Waals surface area contributed by atoms with E-state index in [2.05, 4.69) is 10.3 Å². The van der Waals surface area contributed by atoms with Crippen LogP contribution < -0.4 is 14.8 Å². The molecule has 2 rings (SSSR count). The van der Waals surface area contributed by atoms with Crippen molar-refractivity contribution < 1.29 is 14.6 Å². The molecule has 0 spiro atoms. The Labute approximate surface area is 130 Å². The maximum absolute atomic E-state index is 10.4. The number of benzene rings is 1. The zero-order chi connectivity index (χ0) is 15.9. The van der Waals surface area contributed by atoms with Crippen LogP contribution in [-0.2, 0) is 0 Å². The molecule has 0 radical (unpaired) electrons. The van der Waals surface area contributed by atoms with Gasteiger partial charge in [-0.2, -0.15) is 0 Å². The topological polar surface area (TPSA) is 63.6 Å². The lowest BCUT2D eigenvalue weighted by atomic mass is 10.1. The van der Waals surface area contributed by atoms with Crippen molar-refractivity contribution in [2.24, 2.45) is 0 Å². The number of hydrogen-bond acceptors (Lipinski definition) is 5. The molecule has 0 aliphatic carbocycles. The van der Waals surface area contributed by atoms with E-state index >= 15 is 0 Å². The van der Waals surface area contributed by atoms with E-state index in [4.69, 9.17) is 9.47 Å². The van der Waals surface area contributed by atoms with Crippen LogP contribution in [0.5, 0.6) is 11.5 Å². The molecule has 5 heteroatoms. The van der Waals surface area contributed by atoms with Gasteiger partial charge in [-0.15, -0.1) is 0 Å². The molecule has 5 nitrogen and oxygen atoms in total. The van der Waals surface area contributed by atoms with E-state index in [9.17, 15) is 5.11 Å². The summed E-state index contributed by atoms with van der Waals surface area (Å²) < 4.78 is 10.5. The number of aliphatic hydroxyl groups excluding tert-OH is 1. The number of hydrogen-bond donors (Lipinski definition) is 2. The number of nitrogens with one attached hydrogen (secondary N) is 1. The van der Waals surface area contributed by atoms with Crippen molar-refractivity contribution in [1.29, 1.82) is 0 Å². The summed E-state index contributed by atoms with van der Waals surface area (Å²) in [6, 6.07) is 9.43. The fourth-order valence-electron chi connectivity index (χ4n) is 2.27. The molecule has 2 aromatic rings. The van der Waals surface area contributed by atoms with Crippen LogP contribution in [0.4, 0.5) is 0 Å². The molecule has 2 N–H and O–H groups in total. The van der Waals surface area contributed by atoms with Gasteiger partial charge in [0.25, 0.3) is 0 Å². The van der Waals surface area contributed by atoms with Crippen LogP contribution in [0.2, 0.25) is 0 Å². The average Bonchev–Trinajstić information content (AvgIpc) is 2.59. The Hall–Kier alpha value is -2.11. The van der Waals surface area contributed by atoms with Gasteiger partial charge >= 0.3 is 0 Å². The summed E-state index contributed by atoms with van der Waals surface area (Å²) in [4.78, 5) is 4.00. The third-order valence-corrected chi connectivity index (χ3v) is 3.62. The lowest BCUT2D eigenvalue weighted by Gasteiger charge is -2.19. The largest absolute Gasteiger partial charge is 0.497 e. The van der Waals surface area contributed by atoms with E-state index in [-0.39, 0.29) is 6.04 Å². The number of rotatable bonds is 7. The highest BCUT2D eigenvalue weighted by Crippen LogP contribution is 2.29. The van der Waals surface area contributed by atoms with Crippen molar-refractivity contribution in [3.05, 3.63) is 53.9 Å². The van der Waals surface area contributed by atoms with Gasteiger partial charge in [-0.25, -0.2) is 0 Å². The number of aliphatic hydroxyl groups is 1. The summed E-state index contributed by atoms with van der Waals surface area (Å²) in [5, 5.41) is 13.7. The molecule has 0 amide bonds. The van der Waals surface area contributed by atoms with Crippen LogP contribution in [-0.4, -0.2) is 30.9 Å². The van der Waals surface area contributed by atoms with Crippen molar-refractivity contribution in [2.45, 2.75) is 19.1 Å². The minimum Gasteiger partial charge on any atom is -0.497 e. The maximum atomic E-state index is 10.4. The number of pyridine rings is 1. The van der Waals surface area contributed by atoms with Gasteiger partial charge in [0.15, 0.2) is 0 Å². The number of nitrogens with zero attached hydrogens (tertiary/aromatic N) is 1. The Morgan fingerprint density at radius 3 is 2.50 bits per heavy atom. The van der Waals surface area contributed by atoms with Crippen molar-refractivity contribution in [3.63, 3.8) is 0 Å². The molecular formula is C17H22N2O3. The summed E-state index contributed by atoms with van der Waals surface area (Å²) in [5.74, 6) is 1.34. The molecule has 1 aromatic carbocycles. The minimum atomic E-state index is -0.686. The third-order valence-electron chi connectivity index (χ3n) is 3.62. The van der Waals surface area contributed by atoms with Gasteiger partial charge in [0.1, 0.15) is 11.5 Å². The monoisotopic (exact) mass is 302 g/mol. The van der Waals surface area contributed by atoms with Gasteiger partial charge in [-0.05, 0) is 42.8 Å². The van der Waals surface area contributed by atoms with Crippen LogP contribution in [0.25, 0.3) is 0 Å². The lowest BCUT2D eigenvalue weighted by Crippen LogP contribution is -2.25. The molecule has 1 aromatic heterocycles. The fraction of sp³-hybridized carbons (Fsp3) is 0.353. The first-order chi connectivity index (χ1) is 10.7. The first-order valence-electron chi connectivity index (χ1n) is 7.19. The number of methoxy groups -OCH3 is 2. The van der Waals surface area contributed by atoms with E-state index in [1.807, 2.05) is 25.1 Å². The van der Waals surface area contributed by atoms with Gasteiger partial charge < -0.3 is 19.9 Å². The Bertz CT molecular complexity index is 590. The summed E-state index contributed by atoms with van der Waals surface area (Å²) in [6.45, 7) is 2.46. The molecule has 0 aliphatic heterocycles. The molecular weight excluding hydrogens is 280 g/mol. The highest BCUT2D eigenvalue weighted by Gasteiger charge is 2.16. The highest BCUT2D eigenvalue weighted by molar-refractivity contribution is 5.41. The molecule has 0 bridgehead atoms. The van der Waals surface area contributed by atoms with Crippen molar-refractivity contribution in [2.75, 3.05) is 20.8 Å². The summed E-state index contributed by atoms with van der Waals surface area (Å²) in [5.41, 5.74) is 1.83. The Kier molecular flexibility index (Phi) is 5.75. The van der Waals surface area contributed by atoms with Crippen molar-refractivity contribution >= 4 is 0 Å². The van der Waals surface area contributed by atoms with E-state index in [0.717, 1.165) is 5.56 Å². The van der Waals surface area contributed by atoms with E-state index in [1.54, 1.807) is 38.7 Å². The van der Waals surface area contributed by atoms with Crippen molar-refractivity contribution in [3.8, 4) is 11.5 Å². The second kappa shape index (κ2) is 7.77. The van der Waals surface area contributed by atoms with Gasteiger partial charge in [0.05, 0.1) is 20.3 Å². The van der Waals surface area contributed by atoms with E-state index < -0.39 is 6.10 Å². The second-order valence-corrected chi connectivity index (χ2v) is 5.03. The van der Waals surface area contributed by atoms with E-state index in [1.165, 1.54) is 0 Å². The molecule has 0 saturated carbocycles. The predicted molar refractivity (Wildman–Crippen MR) is 85.2 cm³/mol.